The Kier molecular flexibility index (Phi) is 5.23. The van der Waals surface area contributed by atoms with Crippen LogP contribution in [0.15, 0.2) is 48.5 Å². The Morgan fingerprint density at radius 3 is 2.30 bits per heavy atom. The third-order valence-corrected chi connectivity index (χ3v) is 7.16. The SMILES string of the molecule is COC(=O)c1ccc(C2(NC(=O)[C@H]3C[C@H]4C[C@@H]4N3Cc3ccc(C(F)(F)F)cc3)CC2)cc1. The van der Waals surface area contributed by atoms with Crippen molar-refractivity contribution in [2.45, 2.75) is 56.0 Å². The van der Waals surface area contributed by atoms with E-state index >= 15 is 0 Å². The summed E-state index contributed by atoms with van der Waals surface area (Å²) >= 11 is 0. The molecule has 1 N–H and O–H groups in total. The van der Waals surface area contributed by atoms with Gasteiger partial charge in [0.25, 0.3) is 0 Å². The molecule has 2 aromatic rings. The average molecular weight is 458 g/mol. The van der Waals surface area contributed by atoms with E-state index in [1.165, 1.54) is 19.2 Å². The molecule has 1 aliphatic heterocycles. The van der Waals surface area contributed by atoms with Gasteiger partial charge in [0.05, 0.1) is 29.8 Å². The zero-order chi connectivity index (χ0) is 23.4. The van der Waals surface area contributed by atoms with Crippen molar-refractivity contribution in [1.82, 2.24) is 10.2 Å². The zero-order valence-corrected chi connectivity index (χ0v) is 18.2. The number of rotatable bonds is 6. The van der Waals surface area contributed by atoms with E-state index in [4.69, 9.17) is 4.74 Å². The van der Waals surface area contributed by atoms with Gasteiger partial charge in [-0.3, -0.25) is 9.69 Å². The summed E-state index contributed by atoms with van der Waals surface area (Å²) in [6.07, 6.45) is -0.896. The number of likely N-dealkylation sites (tertiary alicyclic amines) is 1. The van der Waals surface area contributed by atoms with E-state index in [-0.39, 0.29) is 11.9 Å². The highest BCUT2D eigenvalue weighted by Crippen LogP contribution is 2.50. The summed E-state index contributed by atoms with van der Waals surface area (Å²) < 4.78 is 43.3. The summed E-state index contributed by atoms with van der Waals surface area (Å²) in [6, 6.07) is 12.3. The van der Waals surface area contributed by atoms with Gasteiger partial charge in [-0.2, -0.15) is 13.2 Å². The minimum Gasteiger partial charge on any atom is -0.465 e. The number of nitrogens with one attached hydrogen (secondary N) is 1. The molecule has 174 valence electrons. The molecule has 1 heterocycles. The van der Waals surface area contributed by atoms with Crippen LogP contribution in [0.3, 0.4) is 0 Å². The molecule has 2 aliphatic carbocycles. The second-order valence-corrected chi connectivity index (χ2v) is 9.32. The van der Waals surface area contributed by atoms with Crippen LogP contribution in [-0.2, 0) is 27.8 Å². The number of ether oxygens (including phenoxy) is 1. The fourth-order valence-corrected chi connectivity index (χ4v) is 5.01. The molecular weight excluding hydrogens is 433 g/mol. The first-order valence-corrected chi connectivity index (χ1v) is 11.1. The Morgan fingerprint density at radius 2 is 1.73 bits per heavy atom. The number of alkyl halides is 3. The molecular formula is C25H25F3N2O3. The zero-order valence-electron chi connectivity index (χ0n) is 18.2. The molecule has 8 heteroatoms. The summed E-state index contributed by atoms with van der Waals surface area (Å²) in [5.41, 5.74) is 1.11. The van der Waals surface area contributed by atoms with Crippen molar-refractivity contribution in [1.29, 1.82) is 0 Å². The van der Waals surface area contributed by atoms with Gasteiger partial charge in [0.2, 0.25) is 5.91 Å². The number of carbonyl (C=O) groups is 2. The van der Waals surface area contributed by atoms with Crippen molar-refractivity contribution in [2.75, 3.05) is 7.11 Å². The fourth-order valence-electron chi connectivity index (χ4n) is 5.01. The summed E-state index contributed by atoms with van der Waals surface area (Å²) in [6.45, 7) is 0.457. The number of halogens is 3. The van der Waals surface area contributed by atoms with Crippen LogP contribution in [-0.4, -0.2) is 36.0 Å². The molecule has 5 rings (SSSR count). The highest BCUT2D eigenvalue weighted by Gasteiger charge is 2.55. The van der Waals surface area contributed by atoms with Gasteiger partial charge in [-0.25, -0.2) is 4.79 Å². The molecule has 1 saturated heterocycles. The number of carbonyl (C=O) groups excluding carboxylic acids is 2. The van der Waals surface area contributed by atoms with Crippen molar-refractivity contribution < 1.29 is 27.5 Å². The molecule has 3 aliphatic rings. The van der Waals surface area contributed by atoms with E-state index in [0.717, 1.165) is 48.9 Å². The summed E-state index contributed by atoms with van der Waals surface area (Å²) in [5.74, 6) is 0.0351. The van der Waals surface area contributed by atoms with Gasteiger partial charge in [0.15, 0.2) is 0 Å². The third kappa shape index (κ3) is 4.24. The molecule has 33 heavy (non-hydrogen) atoms. The van der Waals surface area contributed by atoms with Crippen molar-refractivity contribution in [3.63, 3.8) is 0 Å². The quantitative estimate of drug-likeness (QED) is 0.658. The molecule has 3 fully saturated rings. The monoisotopic (exact) mass is 458 g/mol. The lowest BCUT2D eigenvalue weighted by molar-refractivity contribution is -0.137. The minimum atomic E-state index is -4.36. The van der Waals surface area contributed by atoms with Crippen LogP contribution in [0.2, 0.25) is 0 Å². The topological polar surface area (TPSA) is 58.6 Å². The first-order valence-electron chi connectivity index (χ1n) is 11.1. The Bertz CT molecular complexity index is 1060. The predicted molar refractivity (Wildman–Crippen MR) is 114 cm³/mol. The maximum Gasteiger partial charge on any atom is 0.416 e. The van der Waals surface area contributed by atoms with Crippen LogP contribution in [0.1, 0.15) is 52.7 Å². The van der Waals surface area contributed by atoms with Crippen molar-refractivity contribution in [3.05, 3.63) is 70.8 Å². The third-order valence-electron chi connectivity index (χ3n) is 7.16. The van der Waals surface area contributed by atoms with E-state index in [2.05, 4.69) is 10.2 Å². The smallest absolute Gasteiger partial charge is 0.416 e. The number of hydrogen-bond donors (Lipinski definition) is 1. The van der Waals surface area contributed by atoms with Gasteiger partial charge in [0.1, 0.15) is 0 Å². The van der Waals surface area contributed by atoms with Crippen molar-refractivity contribution >= 4 is 11.9 Å². The molecule has 1 amide bonds. The fraction of sp³-hybridized carbons (Fsp3) is 0.440. The highest BCUT2D eigenvalue weighted by molar-refractivity contribution is 5.89. The van der Waals surface area contributed by atoms with E-state index in [9.17, 15) is 22.8 Å². The molecule has 2 saturated carbocycles. The summed E-state index contributed by atoms with van der Waals surface area (Å²) in [7, 11) is 1.33. The van der Waals surface area contributed by atoms with Gasteiger partial charge < -0.3 is 10.1 Å². The maximum absolute atomic E-state index is 13.3. The number of methoxy groups -OCH3 is 1. The lowest BCUT2D eigenvalue weighted by Gasteiger charge is -2.29. The lowest BCUT2D eigenvalue weighted by Crippen LogP contribution is -2.48. The van der Waals surface area contributed by atoms with Crippen LogP contribution in [0.5, 0.6) is 0 Å². The number of amides is 1. The minimum absolute atomic E-state index is 0.0383. The Labute approximate surface area is 189 Å². The second-order valence-electron chi connectivity index (χ2n) is 9.32. The number of esters is 1. The first kappa shape index (κ1) is 21.9. The van der Waals surface area contributed by atoms with Crippen LogP contribution in [0.4, 0.5) is 13.2 Å². The van der Waals surface area contributed by atoms with Gasteiger partial charge >= 0.3 is 12.1 Å². The molecule has 0 spiro atoms. The lowest BCUT2D eigenvalue weighted by atomic mass is 10.0. The maximum atomic E-state index is 13.3. The second kappa shape index (κ2) is 7.87. The molecule has 0 bridgehead atoms. The first-order chi connectivity index (χ1) is 15.7. The van der Waals surface area contributed by atoms with Crippen LogP contribution >= 0.6 is 0 Å². The van der Waals surface area contributed by atoms with Crippen LogP contribution < -0.4 is 5.32 Å². The van der Waals surface area contributed by atoms with Crippen molar-refractivity contribution in [2.24, 2.45) is 5.92 Å². The standard InChI is InChI=1S/C25H25F3N2O3/c1-33-23(32)16-4-8-18(9-5-16)24(10-11-24)29-22(31)21-13-17-12-20(17)30(21)14-15-2-6-19(7-3-15)25(26,27)28/h2-9,17,20-21H,10-14H2,1H3,(H,29,31)/t17-,20+,21-/m1/s1. The highest BCUT2D eigenvalue weighted by atomic mass is 19.4. The van der Waals surface area contributed by atoms with Gasteiger partial charge in [0, 0.05) is 12.6 Å². The number of hydrogen-bond acceptors (Lipinski definition) is 4. The van der Waals surface area contributed by atoms with E-state index in [0.29, 0.717) is 24.1 Å². The van der Waals surface area contributed by atoms with Crippen molar-refractivity contribution in [3.8, 4) is 0 Å². The Hall–Kier alpha value is -2.87. The number of benzene rings is 2. The molecule has 0 unspecified atom stereocenters. The summed E-state index contributed by atoms with van der Waals surface area (Å²) in [5, 5.41) is 3.23. The molecule has 0 radical (unpaired) electrons. The molecule has 5 nitrogen and oxygen atoms in total. The van der Waals surface area contributed by atoms with E-state index in [1.54, 1.807) is 12.1 Å². The Morgan fingerprint density at radius 1 is 1.06 bits per heavy atom. The van der Waals surface area contributed by atoms with Gasteiger partial charge in [-0.15, -0.1) is 0 Å². The molecule has 0 aromatic heterocycles. The predicted octanol–water partition coefficient (Wildman–Crippen LogP) is 4.26. The van der Waals surface area contributed by atoms with Gasteiger partial charge in [-0.05, 0) is 67.0 Å². The number of piperidine rings is 1. The van der Waals surface area contributed by atoms with E-state index < -0.39 is 23.2 Å². The number of fused-ring (bicyclic) bond motifs is 1. The van der Waals surface area contributed by atoms with E-state index in [1.807, 2.05) is 12.1 Å². The molecule has 2 aromatic carbocycles. The van der Waals surface area contributed by atoms with Gasteiger partial charge in [-0.1, -0.05) is 24.3 Å². The largest absolute Gasteiger partial charge is 0.465 e. The van der Waals surface area contributed by atoms with Crippen LogP contribution in [0.25, 0.3) is 0 Å². The molecule has 3 atom stereocenters. The number of nitrogens with zero attached hydrogens (tertiary/aromatic N) is 1. The van der Waals surface area contributed by atoms with Crippen LogP contribution in [0, 0.1) is 5.92 Å². The average Bonchev–Trinajstić information content (AvgIpc) is 3.72. The Balaban J connectivity index is 1.27. The summed E-state index contributed by atoms with van der Waals surface area (Å²) in [4.78, 5) is 27.1. The normalized spacial score (nSPS) is 25.3.